The van der Waals surface area contributed by atoms with Gasteiger partial charge in [-0.3, -0.25) is 25.0 Å². The molecule has 18 heavy (non-hydrogen) atoms. The molecule has 0 aliphatic heterocycles. The van der Waals surface area contributed by atoms with Crippen LogP contribution in [-0.2, 0) is 6.67 Å². The van der Waals surface area contributed by atoms with Crippen LogP contribution in [0.2, 0.25) is 0 Å². The van der Waals surface area contributed by atoms with Crippen molar-refractivity contribution < 1.29 is 9.72 Å². The van der Waals surface area contributed by atoms with Gasteiger partial charge < -0.3 is 0 Å². The van der Waals surface area contributed by atoms with E-state index in [2.05, 4.69) is 10.2 Å². The molecule has 0 aliphatic rings. The smallest absolute Gasteiger partial charge is 0.289 e. The third-order valence-electron chi connectivity index (χ3n) is 2.12. The number of nitro groups is 1. The van der Waals surface area contributed by atoms with E-state index in [9.17, 15) is 14.9 Å². The Morgan fingerprint density at radius 3 is 2.94 bits per heavy atom. The maximum absolute atomic E-state index is 11.1. The van der Waals surface area contributed by atoms with Crippen LogP contribution in [0.15, 0.2) is 24.7 Å². The highest BCUT2D eigenvalue weighted by Gasteiger charge is 2.10. The number of hydrogen-bond acceptors (Lipinski definition) is 6. The minimum absolute atomic E-state index is 0.109. The summed E-state index contributed by atoms with van der Waals surface area (Å²) in [5.74, 6) is 4.45. The fourth-order valence-corrected chi connectivity index (χ4v) is 1.31. The van der Waals surface area contributed by atoms with Gasteiger partial charge in [-0.2, -0.15) is 10.2 Å². The lowest BCUT2D eigenvalue weighted by Crippen LogP contribution is -2.30. The second-order valence-electron chi connectivity index (χ2n) is 3.35. The Morgan fingerprint density at radius 1 is 1.56 bits per heavy atom. The molecule has 94 valence electrons. The van der Waals surface area contributed by atoms with Crippen LogP contribution in [0.4, 0.5) is 5.69 Å². The molecule has 0 fully saturated rings. The lowest BCUT2D eigenvalue weighted by Gasteiger charge is -2.00. The van der Waals surface area contributed by atoms with Crippen LogP contribution in [0.25, 0.3) is 0 Å². The number of rotatable bonds is 4. The number of carbonyl (C=O) groups excluding carboxylic acids is 1. The van der Waals surface area contributed by atoms with E-state index >= 15 is 0 Å². The Morgan fingerprint density at radius 2 is 2.33 bits per heavy atom. The van der Waals surface area contributed by atoms with Crippen LogP contribution >= 0.6 is 0 Å². The maximum Gasteiger partial charge on any atom is 0.307 e. The van der Waals surface area contributed by atoms with Crippen molar-refractivity contribution in [1.29, 1.82) is 0 Å². The third kappa shape index (κ3) is 2.32. The summed E-state index contributed by atoms with van der Waals surface area (Å²) >= 11 is 0. The van der Waals surface area contributed by atoms with Gasteiger partial charge in [0.15, 0.2) is 5.69 Å². The topological polar surface area (TPSA) is 134 Å². The second kappa shape index (κ2) is 4.63. The number of nitrogens with zero attached hydrogens (tertiary/aromatic N) is 5. The molecule has 1 amide bonds. The first-order valence-corrected chi connectivity index (χ1v) is 4.81. The maximum atomic E-state index is 11.1. The fourth-order valence-electron chi connectivity index (χ4n) is 1.31. The van der Waals surface area contributed by atoms with E-state index in [1.807, 2.05) is 5.43 Å². The largest absolute Gasteiger partial charge is 0.307 e. The van der Waals surface area contributed by atoms with E-state index < -0.39 is 10.8 Å². The molecule has 0 bridgehead atoms. The van der Waals surface area contributed by atoms with Gasteiger partial charge >= 0.3 is 5.69 Å². The van der Waals surface area contributed by atoms with Gasteiger partial charge in [-0.15, -0.1) is 0 Å². The molecule has 2 aromatic rings. The Kier molecular flexibility index (Phi) is 3.02. The molecule has 0 unspecified atom stereocenters. The lowest BCUT2D eigenvalue weighted by molar-refractivity contribution is -0.385. The normalized spacial score (nSPS) is 10.3. The first-order valence-electron chi connectivity index (χ1n) is 4.81. The van der Waals surface area contributed by atoms with Gasteiger partial charge in [0.1, 0.15) is 19.1 Å². The van der Waals surface area contributed by atoms with Gasteiger partial charge in [-0.05, 0) is 6.07 Å². The number of amides is 1. The Bertz CT molecular complexity index is 587. The number of nitrogens with two attached hydrogens (primary N) is 1. The zero-order chi connectivity index (χ0) is 13.1. The number of hydrazine groups is 1. The zero-order valence-corrected chi connectivity index (χ0v) is 9.05. The molecule has 3 N–H and O–H groups in total. The minimum atomic E-state index is -0.542. The molecule has 0 aromatic carbocycles. The molecule has 2 heterocycles. The predicted molar refractivity (Wildman–Crippen MR) is 58.2 cm³/mol. The van der Waals surface area contributed by atoms with Crippen molar-refractivity contribution in [2.75, 3.05) is 0 Å². The van der Waals surface area contributed by atoms with Gasteiger partial charge in [-0.1, -0.05) is 0 Å². The third-order valence-corrected chi connectivity index (χ3v) is 2.12. The summed E-state index contributed by atoms with van der Waals surface area (Å²) in [5.41, 5.74) is 1.99. The summed E-state index contributed by atoms with van der Waals surface area (Å²) in [4.78, 5) is 21.1. The molecule has 10 nitrogen and oxygen atoms in total. The van der Waals surface area contributed by atoms with Crippen molar-refractivity contribution in [3.63, 3.8) is 0 Å². The van der Waals surface area contributed by atoms with Crippen LogP contribution < -0.4 is 11.3 Å². The molecule has 0 atom stereocenters. The van der Waals surface area contributed by atoms with E-state index in [1.165, 1.54) is 27.8 Å². The molecular formula is C8H9N7O3. The predicted octanol–water partition coefficient (Wildman–Crippen LogP) is -0.903. The zero-order valence-electron chi connectivity index (χ0n) is 9.05. The molecule has 0 spiro atoms. The Balaban J connectivity index is 2.11. The van der Waals surface area contributed by atoms with Crippen molar-refractivity contribution in [1.82, 2.24) is 25.0 Å². The highest BCUT2D eigenvalue weighted by molar-refractivity contribution is 5.91. The van der Waals surface area contributed by atoms with E-state index in [-0.39, 0.29) is 18.1 Å². The Hall–Kier alpha value is -2.75. The summed E-state index contributed by atoms with van der Waals surface area (Å²) in [6, 6.07) is 1.47. The van der Waals surface area contributed by atoms with Gasteiger partial charge in [0.25, 0.3) is 5.91 Å². The average Bonchev–Trinajstić information content (AvgIpc) is 2.98. The molecule has 0 aliphatic carbocycles. The van der Waals surface area contributed by atoms with E-state index in [0.29, 0.717) is 0 Å². The molecule has 0 radical (unpaired) electrons. The average molecular weight is 251 g/mol. The number of hydrogen-bond donors (Lipinski definition) is 2. The van der Waals surface area contributed by atoms with E-state index in [4.69, 9.17) is 5.84 Å². The van der Waals surface area contributed by atoms with Crippen molar-refractivity contribution in [3.05, 3.63) is 40.5 Å². The summed E-state index contributed by atoms with van der Waals surface area (Å²) in [6.07, 6.45) is 3.94. The van der Waals surface area contributed by atoms with Crippen LogP contribution in [0.3, 0.4) is 0 Å². The Labute approximate surface area is 100 Å². The molecule has 0 saturated heterocycles. The number of nitrogen functional groups attached to an aromatic ring is 1. The van der Waals surface area contributed by atoms with Crippen molar-refractivity contribution in [3.8, 4) is 0 Å². The quantitative estimate of drug-likeness (QED) is 0.313. The summed E-state index contributed by atoms with van der Waals surface area (Å²) in [5, 5.41) is 18.2. The molecular weight excluding hydrogens is 242 g/mol. The molecule has 2 rings (SSSR count). The minimum Gasteiger partial charge on any atom is -0.289 e. The molecule has 0 saturated carbocycles. The standard InChI is InChI=1S/C8H9N7O3/c9-11-8(16)7-1-2-13(12-7)5-14-4-6(3-10-14)15(17)18/h1-4H,5,9H2,(H,11,16). The van der Waals surface area contributed by atoms with Crippen LogP contribution in [0.5, 0.6) is 0 Å². The summed E-state index contributed by atoms with van der Waals surface area (Å²) < 4.78 is 2.73. The highest BCUT2D eigenvalue weighted by atomic mass is 16.6. The monoisotopic (exact) mass is 251 g/mol. The number of carbonyl (C=O) groups is 1. The number of aromatic nitrogens is 4. The molecule has 2 aromatic heterocycles. The second-order valence-corrected chi connectivity index (χ2v) is 3.35. The van der Waals surface area contributed by atoms with Gasteiger partial charge in [0.2, 0.25) is 0 Å². The van der Waals surface area contributed by atoms with Crippen LogP contribution in [0, 0.1) is 10.1 Å². The SMILES string of the molecule is NNC(=O)c1ccn(Cn2cc([N+](=O)[O-])cn2)n1. The van der Waals surface area contributed by atoms with Gasteiger partial charge in [0, 0.05) is 6.20 Å². The van der Waals surface area contributed by atoms with Crippen molar-refractivity contribution >= 4 is 11.6 Å². The number of nitrogens with one attached hydrogen (secondary N) is 1. The highest BCUT2D eigenvalue weighted by Crippen LogP contribution is 2.07. The van der Waals surface area contributed by atoms with Gasteiger partial charge in [0.05, 0.1) is 4.92 Å². The summed E-state index contributed by atoms with van der Waals surface area (Å²) in [7, 11) is 0. The van der Waals surface area contributed by atoms with E-state index in [1.54, 1.807) is 0 Å². The first kappa shape index (κ1) is 11.7. The van der Waals surface area contributed by atoms with Crippen LogP contribution in [0.1, 0.15) is 10.5 Å². The van der Waals surface area contributed by atoms with Gasteiger partial charge in [-0.25, -0.2) is 10.5 Å². The van der Waals surface area contributed by atoms with Crippen molar-refractivity contribution in [2.45, 2.75) is 6.67 Å². The summed E-state index contributed by atoms with van der Waals surface area (Å²) in [6.45, 7) is 0.158. The fraction of sp³-hybridized carbons (Fsp3) is 0.125. The van der Waals surface area contributed by atoms with Crippen molar-refractivity contribution in [2.24, 2.45) is 5.84 Å². The lowest BCUT2D eigenvalue weighted by atomic mass is 10.4. The molecule has 10 heteroatoms. The van der Waals surface area contributed by atoms with Crippen LogP contribution in [-0.4, -0.2) is 30.4 Å². The first-order chi connectivity index (χ1) is 8.60. The van der Waals surface area contributed by atoms with E-state index in [0.717, 1.165) is 6.20 Å².